The maximum absolute atomic E-state index is 11.9. The maximum Gasteiger partial charge on any atom is 0.243 e. The van der Waals surface area contributed by atoms with Gasteiger partial charge in [0.25, 0.3) is 0 Å². The summed E-state index contributed by atoms with van der Waals surface area (Å²) in [5.74, 6) is -0.392. The van der Waals surface area contributed by atoms with Crippen LogP contribution in [0.4, 0.5) is 5.69 Å². The van der Waals surface area contributed by atoms with Crippen LogP contribution in [0.5, 0.6) is 0 Å². The monoisotopic (exact) mass is 335 g/mol. The first-order valence-electron chi connectivity index (χ1n) is 5.18. The second-order valence-electron chi connectivity index (χ2n) is 3.46. The van der Waals surface area contributed by atoms with Gasteiger partial charge in [0.05, 0.1) is 12.2 Å². The van der Waals surface area contributed by atoms with Crippen molar-refractivity contribution in [3.8, 4) is 0 Å². The number of hydrogen-bond acceptors (Lipinski definition) is 4. The molecule has 0 heterocycles. The maximum atomic E-state index is 11.9. The molecule has 0 unspecified atom stereocenters. The van der Waals surface area contributed by atoms with Crippen molar-refractivity contribution in [1.29, 1.82) is 0 Å². The van der Waals surface area contributed by atoms with Crippen molar-refractivity contribution >= 4 is 37.5 Å². The Morgan fingerprint density at radius 3 is 2.67 bits per heavy atom. The number of anilines is 1. The molecule has 1 aromatic rings. The Morgan fingerprint density at radius 1 is 1.44 bits per heavy atom. The van der Waals surface area contributed by atoms with Crippen LogP contribution in [0.3, 0.4) is 0 Å². The molecular formula is C10H14BrN3O3S. The van der Waals surface area contributed by atoms with Gasteiger partial charge in [-0.05, 0) is 25.1 Å². The van der Waals surface area contributed by atoms with Crippen LogP contribution in [0, 0.1) is 0 Å². The van der Waals surface area contributed by atoms with Crippen LogP contribution in [0.2, 0.25) is 0 Å². The number of carbonyl (C=O) groups excluding carboxylic acids is 1. The van der Waals surface area contributed by atoms with Crippen LogP contribution >= 0.6 is 15.9 Å². The number of halogens is 1. The lowest BCUT2D eigenvalue weighted by Crippen LogP contribution is -2.36. The van der Waals surface area contributed by atoms with E-state index in [1.54, 1.807) is 13.0 Å². The molecule has 0 aliphatic rings. The molecule has 0 atom stereocenters. The van der Waals surface area contributed by atoms with Crippen molar-refractivity contribution in [1.82, 2.24) is 10.0 Å². The summed E-state index contributed by atoms with van der Waals surface area (Å²) >= 11 is 3.19. The zero-order valence-corrected chi connectivity index (χ0v) is 12.1. The first-order valence-corrected chi connectivity index (χ1v) is 7.46. The van der Waals surface area contributed by atoms with E-state index in [2.05, 4.69) is 26.0 Å². The van der Waals surface area contributed by atoms with Gasteiger partial charge in [-0.15, -0.1) is 0 Å². The van der Waals surface area contributed by atoms with E-state index in [0.717, 1.165) is 0 Å². The molecule has 0 spiro atoms. The Bertz CT molecular complexity index is 545. The summed E-state index contributed by atoms with van der Waals surface area (Å²) in [6.45, 7) is 1.88. The van der Waals surface area contributed by atoms with Gasteiger partial charge >= 0.3 is 0 Å². The van der Waals surface area contributed by atoms with Crippen molar-refractivity contribution in [3.63, 3.8) is 0 Å². The minimum absolute atomic E-state index is 0.0463. The van der Waals surface area contributed by atoms with Crippen molar-refractivity contribution in [2.45, 2.75) is 11.8 Å². The van der Waals surface area contributed by atoms with Gasteiger partial charge in [-0.1, -0.05) is 15.9 Å². The zero-order chi connectivity index (χ0) is 13.8. The number of amides is 1. The van der Waals surface area contributed by atoms with Gasteiger partial charge in [-0.2, -0.15) is 0 Å². The standard InChI is InChI=1S/C10H14BrN3O3S/c1-2-13-10(15)6-14-18(16,17)9-4-3-7(11)5-8(9)12/h3-5,14H,2,6,12H2,1H3,(H,13,15). The fourth-order valence-corrected chi connectivity index (χ4v) is 2.73. The molecule has 4 N–H and O–H groups in total. The van der Waals surface area contributed by atoms with Crippen LogP contribution in [0.1, 0.15) is 6.92 Å². The van der Waals surface area contributed by atoms with Gasteiger partial charge in [-0.3, -0.25) is 4.79 Å². The van der Waals surface area contributed by atoms with Crippen LogP contribution in [-0.4, -0.2) is 27.4 Å². The van der Waals surface area contributed by atoms with Gasteiger partial charge in [0.2, 0.25) is 15.9 Å². The molecule has 1 amide bonds. The van der Waals surface area contributed by atoms with Gasteiger partial charge in [0.15, 0.2) is 0 Å². The van der Waals surface area contributed by atoms with E-state index in [0.29, 0.717) is 11.0 Å². The fraction of sp³-hybridized carbons (Fsp3) is 0.300. The quantitative estimate of drug-likeness (QED) is 0.680. The predicted molar refractivity (Wildman–Crippen MR) is 72.4 cm³/mol. The van der Waals surface area contributed by atoms with Gasteiger partial charge in [0.1, 0.15) is 4.90 Å². The minimum Gasteiger partial charge on any atom is -0.398 e. The highest BCUT2D eigenvalue weighted by molar-refractivity contribution is 9.10. The summed E-state index contributed by atoms with van der Waals surface area (Å²) in [5, 5.41) is 2.49. The van der Waals surface area contributed by atoms with Crippen LogP contribution in [0.15, 0.2) is 27.6 Å². The third-order valence-electron chi connectivity index (χ3n) is 2.06. The molecule has 0 aromatic heterocycles. The van der Waals surface area contributed by atoms with Gasteiger partial charge < -0.3 is 11.1 Å². The average Bonchev–Trinajstić information content (AvgIpc) is 2.26. The summed E-state index contributed by atoms with van der Waals surface area (Å²) in [6, 6.07) is 4.43. The lowest BCUT2D eigenvalue weighted by molar-refractivity contribution is -0.119. The highest BCUT2D eigenvalue weighted by Crippen LogP contribution is 2.22. The minimum atomic E-state index is -3.78. The molecule has 0 saturated carbocycles. The van der Waals surface area contributed by atoms with Crippen LogP contribution in [0.25, 0.3) is 0 Å². The summed E-state index contributed by atoms with van der Waals surface area (Å²) in [4.78, 5) is 11.1. The number of likely N-dealkylation sites (N-methyl/N-ethyl adjacent to an activating group) is 1. The molecule has 6 nitrogen and oxygen atoms in total. The molecule has 1 aromatic carbocycles. The zero-order valence-electron chi connectivity index (χ0n) is 9.73. The van der Waals surface area contributed by atoms with Crippen molar-refractivity contribution in [2.24, 2.45) is 0 Å². The first kappa shape index (κ1) is 14.9. The SMILES string of the molecule is CCNC(=O)CNS(=O)(=O)c1ccc(Br)cc1N. The molecule has 0 fully saturated rings. The van der Waals surface area contributed by atoms with E-state index < -0.39 is 15.9 Å². The summed E-state index contributed by atoms with van der Waals surface area (Å²) in [6.07, 6.45) is 0. The third kappa shape index (κ3) is 3.97. The molecule has 1 rings (SSSR count). The number of nitrogens with two attached hydrogens (primary N) is 1. The molecular weight excluding hydrogens is 322 g/mol. The Balaban J connectivity index is 2.83. The molecule has 100 valence electrons. The molecule has 0 aliphatic heterocycles. The number of hydrogen-bond donors (Lipinski definition) is 3. The normalized spacial score (nSPS) is 11.2. The van der Waals surface area contributed by atoms with Gasteiger partial charge in [0, 0.05) is 11.0 Å². The molecule has 0 saturated heterocycles. The molecule has 0 radical (unpaired) electrons. The highest BCUT2D eigenvalue weighted by atomic mass is 79.9. The first-order chi connectivity index (χ1) is 8.36. The lowest BCUT2D eigenvalue weighted by Gasteiger charge is -2.09. The van der Waals surface area contributed by atoms with E-state index in [4.69, 9.17) is 5.73 Å². The van der Waals surface area contributed by atoms with Gasteiger partial charge in [-0.25, -0.2) is 13.1 Å². The largest absolute Gasteiger partial charge is 0.398 e. The molecule has 18 heavy (non-hydrogen) atoms. The fourth-order valence-electron chi connectivity index (χ4n) is 1.26. The Kier molecular flexibility index (Phi) is 5.12. The van der Waals surface area contributed by atoms with E-state index >= 15 is 0 Å². The number of carbonyl (C=O) groups is 1. The van der Waals surface area contributed by atoms with Crippen LogP contribution < -0.4 is 15.8 Å². The Hall–Kier alpha value is -1.12. The number of rotatable bonds is 5. The van der Waals surface area contributed by atoms with Crippen molar-refractivity contribution in [3.05, 3.63) is 22.7 Å². The topological polar surface area (TPSA) is 101 Å². The number of sulfonamides is 1. The average molecular weight is 336 g/mol. The van der Waals surface area contributed by atoms with E-state index in [1.807, 2.05) is 0 Å². The summed E-state index contributed by atoms with van der Waals surface area (Å²) in [5.41, 5.74) is 5.74. The second-order valence-corrected chi connectivity index (χ2v) is 6.11. The number of benzene rings is 1. The molecule has 8 heteroatoms. The highest BCUT2D eigenvalue weighted by Gasteiger charge is 2.18. The Labute approximate surface area is 114 Å². The van der Waals surface area contributed by atoms with E-state index in [-0.39, 0.29) is 17.1 Å². The Morgan fingerprint density at radius 2 is 2.11 bits per heavy atom. The molecule has 0 aliphatic carbocycles. The second kappa shape index (κ2) is 6.17. The van der Waals surface area contributed by atoms with E-state index in [9.17, 15) is 13.2 Å². The third-order valence-corrected chi connectivity index (χ3v) is 4.03. The van der Waals surface area contributed by atoms with Crippen molar-refractivity contribution in [2.75, 3.05) is 18.8 Å². The number of nitrogen functional groups attached to an aromatic ring is 1. The summed E-state index contributed by atoms with van der Waals surface area (Å²) < 4.78 is 26.6. The van der Waals surface area contributed by atoms with E-state index in [1.165, 1.54) is 12.1 Å². The van der Waals surface area contributed by atoms with Crippen molar-refractivity contribution < 1.29 is 13.2 Å². The molecule has 0 bridgehead atoms. The number of nitrogens with one attached hydrogen (secondary N) is 2. The summed E-state index contributed by atoms with van der Waals surface area (Å²) in [7, 11) is -3.78. The van der Waals surface area contributed by atoms with Crippen LogP contribution in [-0.2, 0) is 14.8 Å². The lowest BCUT2D eigenvalue weighted by atomic mass is 10.3. The predicted octanol–water partition coefficient (Wildman–Crippen LogP) is 0.446. The smallest absolute Gasteiger partial charge is 0.243 e.